The van der Waals surface area contributed by atoms with Gasteiger partial charge in [-0.3, -0.25) is 0 Å². The Morgan fingerprint density at radius 3 is 2.38 bits per heavy atom. The summed E-state index contributed by atoms with van der Waals surface area (Å²) in [6, 6.07) is 5.99. The second-order valence-electron chi connectivity index (χ2n) is 6.08. The van der Waals surface area contributed by atoms with Crippen molar-refractivity contribution in [2.45, 2.75) is 38.9 Å². The Morgan fingerprint density at radius 1 is 1.24 bits per heavy atom. The summed E-state index contributed by atoms with van der Waals surface area (Å²) in [7, 11) is 0. The lowest BCUT2D eigenvalue weighted by Crippen LogP contribution is -2.42. The first-order chi connectivity index (χ1) is 9.77. The van der Waals surface area contributed by atoms with Gasteiger partial charge in [-0.15, -0.1) is 0 Å². The van der Waals surface area contributed by atoms with Crippen molar-refractivity contribution in [3.63, 3.8) is 0 Å². The van der Waals surface area contributed by atoms with Gasteiger partial charge in [0.2, 0.25) is 0 Å². The van der Waals surface area contributed by atoms with Gasteiger partial charge in [0.15, 0.2) is 0 Å². The van der Waals surface area contributed by atoms with Crippen molar-refractivity contribution in [1.82, 2.24) is 4.90 Å². The quantitative estimate of drug-likeness (QED) is 0.924. The number of piperidine rings is 1. The van der Waals surface area contributed by atoms with E-state index in [-0.39, 0.29) is 18.9 Å². The third-order valence-corrected chi connectivity index (χ3v) is 4.33. The summed E-state index contributed by atoms with van der Waals surface area (Å²) in [6.07, 6.45) is -3.69. The van der Waals surface area contributed by atoms with Crippen LogP contribution in [0.2, 0.25) is 0 Å². The minimum atomic E-state index is -4.05. The number of benzene rings is 1. The summed E-state index contributed by atoms with van der Waals surface area (Å²) in [5, 5.41) is 0. The minimum Gasteiger partial charge on any atom is -0.323 e. The second-order valence-corrected chi connectivity index (χ2v) is 6.08. The smallest absolute Gasteiger partial charge is 0.323 e. The highest BCUT2D eigenvalue weighted by Gasteiger charge is 2.41. The molecule has 1 aliphatic heterocycles. The van der Waals surface area contributed by atoms with Crippen molar-refractivity contribution in [3.05, 3.63) is 34.9 Å². The largest absolute Gasteiger partial charge is 0.391 e. The SMILES string of the molecule is Cc1ccc(C(N)CN2CCC(C(F)(F)F)CC2)c(C)c1. The van der Waals surface area contributed by atoms with E-state index in [9.17, 15) is 13.2 Å². The highest BCUT2D eigenvalue weighted by Crippen LogP contribution is 2.34. The lowest BCUT2D eigenvalue weighted by Gasteiger charge is -2.34. The van der Waals surface area contributed by atoms with Crippen LogP contribution in [0.25, 0.3) is 0 Å². The molecule has 0 bridgehead atoms. The van der Waals surface area contributed by atoms with Crippen LogP contribution in [-0.4, -0.2) is 30.7 Å². The maximum Gasteiger partial charge on any atom is 0.391 e. The molecule has 0 aromatic heterocycles. The fraction of sp³-hybridized carbons (Fsp3) is 0.625. The topological polar surface area (TPSA) is 29.3 Å². The number of nitrogens with zero attached hydrogens (tertiary/aromatic N) is 1. The Hall–Kier alpha value is -1.07. The van der Waals surface area contributed by atoms with Crippen LogP contribution in [0.5, 0.6) is 0 Å². The molecule has 1 aromatic rings. The highest BCUT2D eigenvalue weighted by atomic mass is 19.4. The van der Waals surface area contributed by atoms with Gasteiger partial charge in [-0.25, -0.2) is 0 Å². The summed E-state index contributed by atoms with van der Waals surface area (Å²) in [4.78, 5) is 2.05. The van der Waals surface area contributed by atoms with Crippen LogP contribution in [0.1, 0.15) is 35.6 Å². The molecular formula is C16H23F3N2. The Labute approximate surface area is 124 Å². The van der Waals surface area contributed by atoms with E-state index >= 15 is 0 Å². The van der Waals surface area contributed by atoms with Crippen molar-refractivity contribution in [1.29, 1.82) is 0 Å². The van der Waals surface area contributed by atoms with Crippen molar-refractivity contribution in [3.8, 4) is 0 Å². The van der Waals surface area contributed by atoms with Crippen LogP contribution in [0.3, 0.4) is 0 Å². The summed E-state index contributed by atoms with van der Waals surface area (Å²) < 4.78 is 37.9. The third kappa shape index (κ3) is 4.20. The molecule has 0 amide bonds. The molecular weight excluding hydrogens is 277 g/mol. The van der Waals surface area contributed by atoms with E-state index < -0.39 is 12.1 Å². The summed E-state index contributed by atoms with van der Waals surface area (Å²) in [5.74, 6) is -1.15. The molecule has 1 atom stereocenters. The van der Waals surface area contributed by atoms with Gasteiger partial charge < -0.3 is 10.6 Å². The van der Waals surface area contributed by atoms with Gasteiger partial charge in [0.1, 0.15) is 0 Å². The first kappa shape index (κ1) is 16.3. The van der Waals surface area contributed by atoms with E-state index in [1.54, 1.807) is 0 Å². The van der Waals surface area contributed by atoms with Crippen LogP contribution in [0.15, 0.2) is 18.2 Å². The fourth-order valence-electron chi connectivity index (χ4n) is 3.06. The van der Waals surface area contributed by atoms with Crippen molar-refractivity contribution in [2.24, 2.45) is 11.7 Å². The van der Waals surface area contributed by atoms with E-state index in [0.717, 1.165) is 11.1 Å². The summed E-state index contributed by atoms with van der Waals surface area (Å²) in [5.41, 5.74) is 9.65. The maximum atomic E-state index is 12.6. The van der Waals surface area contributed by atoms with Crippen molar-refractivity contribution >= 4 is 0 Å². The third-order valence-electron chi connectivity index (χ3n) is 4.33. The van der Waals surface area contributed by atoms with Crippen LogP contribution in [0.4, 0.5) is 13.2 Å². The molecule has 0 radical (unpaired) electrons. The van der Waals surface area contributed by atoms with Crippen molar-refractivity contribution in [2.75, 3.05) is 19.6 Å². The monoisotopic (exact) mass is 300 g/mol. The van der Waals surface area contributed by atoms with Crippen LogP contribution < -0.4 is 5.73 Å². The molecule has 0 saturated carbocycles. The van der Waals surface area contributed by atoms with E-state index in [4.69, 9.17) is 5.73 Å². The number of hydrogen-bond acceptors (Lipinski definition) is 2. The van der Waals surface area contributed by atoms with E-state index in [1.165, 1.54) is 5.56 Å². The predicted molar refractivity (Wildman–Crippen MR) is 78.1 cm³/mol. The number of aryl methyl sites for hydroxylation is 2. The zero-order valence-electron chi connectivity index (χ0n) is 12.6. The molecule has 1 aromatic carbocycles. The molecule has 21 heavy (non-hydrogen) atoms. The predicted octanol–water partition coefficient (Wildman–Crippen LogP) is 3.58. The lowest BCUT2D eigenvalue weighted by atomic mass is 9.94. The van der Waals surface area contributed by atoms with E-state index in [0.29, 0.717) is 19.6 Å². The molecule has 0 spiro atoms. The van der Waals surface area contributed by atoms with Gasteiger partial charge in [0.05, 0.1) is 5.92 Å². The first-order valence-electron chi connectivity index (χ1n) is 7.39. The van der Waals surface area contributed by atoms with Gasteiger partial charge in [0.25, 0.3) is 0 Å². The zero-order valence-corrected chi connectivity index (χ0v) is 12.6. The average Bonchev–Trinajstić information content (AvgIpc) is 2.38. The molecule has 1 aliphatic rings. The van der Waals surface area contributed by atoms with Crippen LogP contribution >= 0.6 is 0 Å². The fourth-order valence-corrected chi connectivity index (χ4v) is 3.06. The zero-order chi connectivity index (χ0) is 15.6. The number of nitrogens with two attached hydrogens (primary N) is 1. The number of halogens is 3. The highest BCUT2D eigenvalue weighted by molar-refractivity contribution is 5.32. The second kappa shape index (κ2) is 6.36. The molecule has 1 unspecified atom stereocenters. The number of likely N-dealkylation sites (tertiary alicyclic amines) is 1. The van der Waals surface area contributed by atoms with Crippen LogP contribution in [0, 0.1) is 19.8 Å². The Balaban J connectivity index is 1.91. The van der Waals surface area contributed by atoms with Gasteiger partial charge in [-0.05, 0) is 50.9 Å². The molecule has 5 heteroatoms. The normalized spacial score (nSPS) is 19.7. The standard InChI is InChI=1S/C16H23F3N2/c1-11-3-4-14(12(2)9-11)15(20)10-21-7-5-13(6-8-21)16(17,18)19/h3-4,9,13,15H,5-8,10,20H2,1-2H3. The molecule has 2 rings (SSSR count). The van der Waals surface area contributed by atoms with E-state index in [2.05, 4.69) is 6.07 Å². The van der Waals surface area contributed by atoms with Crippen molar-refractivity contribution < 1.29 is 13.2 Å². The molecule has 1 fully saturated rings. The number of alkyl halides is 3. The minimum absolute atomic E-state index is 0.145. The molecule has 2 nitrogen and oxygen atoms in total. The molecule has 118 valence electrons. The molecule has 0 aliphatic carbocycles. The average molecular weight is 300 g/mol. The Kier molecular flexibility index (Phi) is 4.94. The Bertz CT molecular complexity index is 477. The van der Waals surface area contributed by atoms with Gasteiger partial charge in [0, 0.05) is 12.6 Å². The first-order valence-corrected chi connectivity index (χ1v) is 7.39. The lowest BCUT2D eigenvalue weighted by molar-refractivity contribution is -0.185. The van der Waals surface area contributed by atoms with E-state index in [1.807, 2.05) is 30.9 Å². The van der Waals surface area contributed by atoms with Gasteiger partial charge in [-0.2, -0.15) is 13.2 Å². The Morgan fingerprint density at radius 2 is 1.86 bits per heavy atom. The molecule has 1 saturated heterocycles. The van der Waals surface area contributed by atoms with Gasteiger partial charge in [-0.1, -0.05) is 23.8 Å². The summed E-state index contributed by atoms with van der Waals surface area (Å²) >= 11 is 0. The molecule has 2 N–H and O–H groups in total. The maximum absolute atomic E-state index is 12.6. The molecule has 1 heterocycles. The number of rotatable bonds is 3. The van der Waals surface area contributed by atoms with Gasteiger partial charge >= 0.3 is 6.18 Å². The van der Waals surface area contributed by atoms with Crippen LogP contribution in [-0.2, 0) is 0 Å². The number of hydrogen-bond donors (Lipinski definition) is 1. The summed E-state index contributed by atoms with van der Waals surface area (Å²) in [6.45, 7) is 5.63.